The standard InChI is InChI=1S/C29H31F4N3O4/c1-4-6-25(19-8-9-23(24(30)13-19)27(37)35-10-5-7-20(15-35)28(38)39)40-22-11-17(2)26(18(3)12-22)36-16-21(14-34-36)29(31,32)33/h8-9,11-14,16,20,25H,4-7,10,15H2,1-3H3,(H,38,39)/t20-,25-/m0/s1. The van der Waals surface area contributed by atoms with Gasteiger partial charge in [0.1, 0.15) is 17.7 Å². The summed E-state index contributed by atoms with van der Waals surface area (Å²) in [6.45, 7) is 5.86. The highest BCUT2D eigenvalue weighted by Crippen LogP contribution is 2.33. The zero-order valence-electron chi connectivity index (χ0n) is 22.5. The lowest BCUT2D eigenvalue weighted by atomic mass is 9.97. The van der Waals surface area contributed by atoms with E-state index in [2.05, 4.69) is 5.10 Å². The molecule has 0 unspecified atom stereocenters. The number of carboxylic acids is 1. The molecule has 0 saturated carbocycles. The van der Waals surface area contributed by atoms with Crippen molar-refractivity contribution in [1.29, 1.82) is 0 Å². The van der Waals surface area contributed by atoms with Crippen LogP contribution in [0.1, 0.15) is 71.3 Å². The van der Waals surface area contributed by atoms with Crippen molar-refractivity contribution in [2.75, 3.05) is 13.1 Å². The molecule has 0 spiro atoms. The molecule has 3 aromatic rings. The fraction of sp³-hybridized carbons (Fsp3) is 0.414. The zero-order valence-corrected chi connectivity index (χ0v) is 22.5. The van der Waals surface area contributed by atoms with Gasteiger partial charge in [0.2, 0.25) is 0 Å². The summed E-state index contributed by atoms with van der Waals surface area (Å²) in [5.74, 6) is -2.43. The summed E-state index contributed by atoms with van der Waals surface area (Å²) in [4.78, 5) is 25.7. The number of carboxylic acid groups (broad SMARTS) is 1. The minimum absolute atomic E-state index is 0.0433. The first-order valence-electron chi connectivity index (χ1n) is 13.1. The lowest BCUT2D eigenvalue weighted by Gasteiger charge is -2.31. The number of hydrogen-bond donors (Lipinski definition) is 1. The second-order valence-electron chi connectivity index (χ2n) is 10.1. The maximum absolute atomic E-state index is 15.2. The molecular weight excluding hydrogens is 530 g/mol. The number of likely N-dealkylation sites (tertiary alicyclic amines) is 1. The van der Waals surface area contributed by atoms with E-state index in [0.717, 1.165) is 18.8 Å². The third-order valence-corrected chi connectivity index (χ3v) is 7.09. The fourth-order valence-corrected chi connectivity index (χ4v) is 5.10. The van der Waals surface area contributed by atoms with Crippen LogP contribution >= 0.6 is 0 Å². The Morgan fingerprint density at radius 3 is 2.45 bits per heavy atom. The molecule has 1 saturated heterocycles. The van der Waals surface area contributed by atoms with Gasteiger partial charge in [-0.15, -0.1) is 0 Å². The van der Waals surface area contributed by atoms with Gasteiger partial charge in [0.25, 0.3) is 5.91 Å². The number of alkyl halides is 3. The fourth-order valence-electron chi connectivity index (χ4n) is 5.10. The molecular formula is C29H31F4N3O4. The first-order valence-corrected chi connectivity index (χ1v) is 13.1. The molecule has 2 aromatic carbocycles. The normalized spacial score (nSPS) is 16.6. The van der Waals surface area contributed by atoms with Crippen molar-refractivity contribution in [3.05, 3.63) is 76.4 Å². The summed E-state index contributed by atoms with van der Waals surface area (Å²) < 4.78 is 61.8. The molecule has 1 amide bonds. The molecule has 214 valence electrons. The number of amides is 1. The summed E-state index contributed by atoms with van der Waals surface area (Å²) >= 11 is 0. The van der Waals surface area contributed by atoms with E-state index in [1.54, 1.807) is 32.0 Å². The summed E-state index contributed by atoms with van der Waals surface area (Å²) in [5, 5.41) is 13.2. The quantitative estimate of drug-likeness (QED) is 0.317. The SMILES string of the molecule is CCC[C@H](Oc1cc(C)c(-n2cc(C(F)(F)F)cn2)c(C)c1)c1ccc(C(=O)N2CCC[C@H](C(=O)O)C2)c(F)c1. The van der Waals surface area contributed by atoms with Crippen molar-refractivity contribution in [3.63, 3.8) is 0 Å². The molecule has 1 fully saturated rings. The molecule has 1 aliphatic rings. The zero-order chi connectivity index (χ0) is 29.2. The van der Waals surface area contributed by atoms with E-state index in [9.17, 15) is 27.9 Å². The molecule has 2 atom stereocenters. The highest BCUT2D eigenvalue weighted by atomic mass is 19.4. The number of aromatic nitrogens is 2. The Morgan fingerprint density at radius 2 is 1.88 bits per heavy atom. The van der Waals surface area contributed by atoms with Gasteiger partial charge in [-0.25, -0.2) is 9.07 Å². The first-order chi connectivity index (χ1) is 18.9. The number of rotatable bonds is 8. The number of carbonyl (C=O) groups is 2. The second kappa shape index (κ2) is 11.7. The largest absolute Gasteiger partial charge is 0.486 e. The Hall–Kier alpha value is -3.89. The number of benzene rings is 2. The molecule has 2 heterocycles. The average Bonchev–Trinajstić information content (AvgIpc) is 3.38. The van der Waals surface area contributed by atoms with Crippen LogP contribution in [0.15, 0.2) is 42.7 Å². The van der Waals surface area contributed by atoms with Crippen LogP contribution in [0.2, 0.25) is 0 Å². The number of nitrogens with zero attached hydrogens (tertiary/aromatic N) is 3. The molecule has 4 rings (SSSR count). The predicted octanol–water partition coefficient (Wildman–Crippen LogP) is 6.50. The Balaban J connectivity index is 1.55. The molecule has 0 bridgehead atoms. The minimum atomic E-state index is -4.50. The van der Waals surface area contributed by atoms with E-state index in [-0.39, 0.29) is 12.1 Å². The molecule has 7 nitrogen and oxygen atoms in total. The van der Waals surface area contributed by atoms with Crippen LogP contribution in [0, 0.1) is 25.6 Å². The molecule has 0 aliphatic carbocycles. The van der Waals surface area contributed by atoms with E-state index < -0.39 is 41.5 Å². The van der Waals surface area contributed by atoms with Gasteiger partial charge in [-0.05, 0) is 74.1 Å². The summed E-state index contributed by atoms with van der Waals surface area (Å²) in [6, 6.07) is 7.69. The number of ether oxygens (including phenoxy) is 1. The van der Waals surface area contributed by atoms with Crippen LogP contribution < -0.4 is 4.74 Å². The van der Waals surface area contributed by atoms with Crippen LogP contribution in [-0.4, -0.2) is 44.8 Å². The van der Waals surface area contributed by atoms with Crippen molar-refractivity contribution in [1.82, 2.24) is 14.7 Å². The number of halogens is 4. The number of aliphatic carboxylic acids is 1. The molecule has 1 aromatic heterocycles. The van der Waals surface area contributed by atoms with Gasteiger partial charge >= 0.3 is 12.1 Å². The Labute approximate surface area is 229 Å². The maximum Gasteiger partial charge on any atom is 0.419 e. The van der Waals surface area contributed by atoms with Gasteiger partial charge in [0.15, 0.2) is 0 Å². The van der Waals surface area contributed by atoms with Crippen LogP contribution in [0.25, 0.3) is 5.69 Å². The van der Waals surface area contributed by atoms with E-state index in [0.29, 0.717) is 53.9 Å². The van der Waals surface area contributed by atoms with Gasteiger partial charge < -0.3 is 14.7 Å². The van der Waals surface area contributed by atoms with Crippen molar-refractivity contribution >= 4 is 11.9 Å². The lowest BCUT2D eigenvalue weighted by Crippen LogP contribution is -2.42. The molecule has 11 heteroatoms. The van der Waals surface area contributed by atoms with Crippen molar-refractivity contribution in [2.24, 2.45) is 5.92 Å². The number of hydrogen-bond acceptors (Lipinski definition) is 4. The molecule has 1 N–H and O–H groups in total. The van der Waals surface area contributed by atoms with E-state index in [1.807, 2.05) is 6.92 Å². The summed E-state index contributed by atoms with van der Waals surface area (Å²) in [7, 11) is 0. The van der Waals surface area contributed by atoms with E-state index in [4.69, 9.17) is 4.74 Å². The van der Waals surface area contributed by atoms with Gasteiger partial charge in [0, 0.05) is 19.3 Å². The van der Waals surface area contributed by atoms with Crippen LogP contribution in [0.4, 0.5) is 17.6 Å². The smallest absolute Gasteiger partial charge is 0.419 e. The molecule has 0 radical (unpaired) electrons. The topological polar surface area (TPSA) is 84.7 Å². The highest BCUT2D eigenvalue weighted by molar-refractivity contribution is 5.95. The van der Waals surface area contributed by atoms with Crippen molar-refractivity contribution in [3.8, 4) is 11.4 Å². The number of piperidine rings is 1. The van der Waals surface area contributed by atoms with Crippen LogP contribution in [0.5, 0.6) is 5.75 Å². The molecule has 1 aliphatic heterocycles. The maximum atomic E-state index is 15.2. The van der Waals surface area contributed by atoms with E-state index >= 15 is 4.39 Å². The number of aryl methyl sites for hydroxylation is 2. The first kappa shape index (κ1) is 29.1. The third-order valence-electron chi connectivity index (χ3n) is 7.09. The molecule has 40 heavy (non-hydrogen) atoms. The van der Waals surface area contributed by atoms with Crippen LogP contribution in [0.3, 0.4) is 0 Å². The monoisotopic (exact) mass is 561 g/mol. The minimum Gasteiger partial charge on any atom is -0.486 e. The Kier molecular flexibility index (Phi) is 8.51. The van der Waals surface area contributed by atoms with E-state index in [1.165, 1.54) is 21.7 Å². The van der Waals surface area contributed by atoms with Gasteiger partial charge in [-0.3, -0.25) is 9.59 Å². The van der Waals surface area contributed by atoms with Crippen LogP contribution in [-0.2, 0) is 11.0 Å². The van der Waals surface area contributed by atoms with Gasteiger partial charge in [-0.1, -0.05) is 19.4 Å². The van der Waals surface area contributed by atoms with Crippen molar-refractivity contribution < 1.29 is 37.0 Å². The van der Waals surface area contributed by atoms with Crippen molar-refractivity contribution in [2.45, 2.75) is 58.7 Å². The summed E-state index contributed by atoms with van der Waals surface area (Å²) in [6.07, 6.45) is -1.04. The van der Waals surface area contributed by atoms with Gasteiger partial charge in [0.05, 0.1) is 28.9 Å². The summed E-state index contributed by atoms with van der Waals surface area (Å²) in [5.41, 5.74) is 1.36. The second-order valence-corrected chi connectivity index (χ2v) is 10.1. The third kappa shape index (κ3) is 6.29. The van der Waals surface area contributed by atoms with Gasteiger partial charge in [-0.2, -0.15) is 18.3 Å². The Morgan fingerprint density at radius 1 is 1.18 bits per heavy atom. The number of carbonyl (C=O) groups excluding carboxylic acids is 1. The highest BCUT2D eigenvalue weighted by Gasteiger charge is 2.33. The predicted molar refractivity (Wildman–Crippen MR) is 139 cm³/mol. The Bertz CT molecular complexity index is 1380. The lowest BCUT2D eigenvalue weighted by molar-refractivity contribution is -0.143. The average molecular weight is 562 g/mol.